The Morgan fingerprint density at radius 2 is 1.73 bits per heavy atom. The summed E-state index contributed by atoms with van der Waals surface area (Å²) in [6, 6.07) is 18.9. The predicted octanol–water partition coefficient (Wildman–Crippen LogP) is 3.12. The Kier molecular flexibility index (Phi) is 7.60. The molecule has 0 aliphatic rings. The third kappa shape index (κ3) is 6.37. The lowest BCUT2D eigenvalue weighted by Gasteiger charge is -2.12. The second kappa shape index (κ2) is 10.2. The number of benzene rings is 3. The monoisotopic (exact) mass is 493 g/mol. The lowest BCUT2D eigenvalue weighted by atomic mass is 10.1. The van der Waals surface area contributed by atoms with E-state index in [4.69, 9.17) is 9.88 Å². The molecule has 0 aliphatic carbocycles. The number of hydrogen-bond donors (Lipinski definition) is 2. The first-order valence-corrected chi connectivity index (χ1v) is 11.7. The van der Waals surface area contributed by atoms with Crippen LogP contribution in [0.2, 0.25) is 0 Å². The second-order valence-corrected chi connectivity index (χ2v) is 9.33. The van der Waals surface area contributed by atoms with Gasteiger partial charge >= 0.3 is 0 Å². The van der Waals surface area contributed by atoms with Crippen molar-refractivity contribution in [3.8, 4) is 5.75 Å². The molecule has 4 N–H and O–H groups in total. The summed E-state index contributed by atoms with van der Waals surface area (Å²) in [6.45, 7) is 1.67. The molecule has 3 rings (SSSR count). The molecule has 158 valence electrons. The highest BCUT2D eigenvalue weighted by Gasteiger charge is 2.10. The van der Waals surface area contributed by atoms with Crippen molar-refractivity contribution in [2.45, 2.75) is 24.5 Å². The van der Waals surface area contributed by atoms with E-state index in [0.29, 0.717) is 12.1 Å². The SMILES string of the molecule is NS(=O)(=O)c1ccc(CC[NH2+]Cc2cc(Br)ccc2OCc2ccccc2F)cc1. The van der Waals surface area contributed by atoms with Crippen LogP contribution in [0, 0.1) is 5.82 Å². The molecule has 0 fully saturated rings. The summed E-state index contributed by atoms with van der Waals surface area (Å²) in [4.78, 5) is 0.112. The Hall–Kier alpha value is -2.26. The molecule has 0 aliphatic heterocycles. The first-order chi connectivity index (χ1) is 14.3. The van der Waals surface area contributed by atoms with Crippen molar-refractivity contribution < 1.29 is 22.9 Å². The summed E-state index contributed by atoms with van der Waals surface area (Å²) in [7, 11) is -3.67. The van der Waals surface area contributed by atoms with E-state index < -0.39 is 10.0 Å². The molecule has 30 heavy (non-hydrogen) atoms. The maximum absolute atomic E-state index is 13.8. The van der Waals surface area contributed by atoms with Crippen LogP contribution < -0.4 is 15.2 Å². The lowest BCUT2D eigenvalue weighted by Crippen LogP contribution is -2.83. The number of sulfonamides is 1. The molecule has 5 nitrogen and oxygen atoms in total. The fourth-order valence-electron chi connectivity index (χ4n) is 2.99. The number of rotatable bonds is 9. The average Bonchev–Trinajstić information content (AvgIpc) is 2.71. The van der Waals surface area contributed by atoms with E-state index in [0.717, 1.165) is 34.3 Å². The van der Waals surface area contributed by atoms with Gasteiger partial charge in [0, 0.05) is 22.0 Å². The summed E-state index contributed by atoms with van der Waals surface area (Å²) in [5.74, 6) is 0.436. The van der Waals surface area contributed by atoms with E-state index in [2.05, 4.69) is 21.2 Å². The van der Waals surface area contributed by atoms with Crippen molar-refractivity contribution in [2.24, 2.45) is 5.14 Å². The van der Waals surface area contributed by atoms with E-state index in [-0.39, 0.29) is 17.3 Å². The summed E-state index contributed by atoms with van der Waals surface area (Å²) in [6.07, 6.45) is 0.782. The van der Waals surface area contributed by atoms with Gasteiger partial charge in [0.2, 0.25) is 10.0 Å². The van der Waals surface area contributed by atoms with E-state index in [1.54, 1.807) is 30.3 Å². The molecule has 0 aromatic heterocycles. The third-order valence-electron chi connectivity index (χ3n) is 4.62. The highest BCUT2D eigenvalue weighted by atomic mass is 79.9. The first-order valence-electron chi connectivity index (χ1n) is 9.41. The first kappa shape index (κ1) is 22.4. The minimum atomic E-state index is -3.67. The molecule has 0 radical (unpaired) electrons. The number of nitrogens with two attached hydrogens (primary N) is 2. The molecular weight excluding hydrogens is 471 g/mol. The number of hydrogen-bond acceptors (Lipinski definition) is 3. The van der Waals surface area contributed by atoms with Gasteiger partial charge in [0.15, 0.2) is 0 Å². The van der Waals surface area contributed by atoms with Gasteiger partial charge in [0.1, 0.15) is 24.7 Å². The fourth-order valence-corrected chi connectivity index (χ4v) is 3.92. The normalized spacial score (nSPS) is 11.4. The Morgan fingerprint density at radius 3 is 2.43 bits per heavy atom. The zero-order chi connectivity index (χ0) is 21.6. The van der Waals surface area contributed by atoms with E-state index in [1.165, 1.54) is 18.2 Å². The summed E-state index contributed by atoms with van der Waals surface area (Å²) in [5, 5.41) is 7.26. The van der Waals surface area contributed by atoms with Crippen molar-refractivity contribution in [3.63, 3.8) is 0 Å². The van der Waals surface area contributed by atoms with Gasteiger partial charge in [-0.1, -0.05) is 46.3 Å². The maximum atomic E-state index is 13.8. The van der Waals surface area contributed by atoms with Gasteiger partial charge in [-0.15, -0.1) is 0 Å². The quantitative estimate of drug-likeness (QED) is 0.449. The smallest absolute Gasteiger partial charge is 0.238 e. The van der Waals surface area contributed by atoms with Gasteiger partial charge in [-0.2, -0.15) is 0 Å². The highest BCUT2D eigenvalue weighted by Crippen LogP contribution is 2.24. The zero-order valence-corrected chi connectivity index (χ0v) is 18.6. The van der Waals surface area contributed by atoms with Crippen LogP contribution in [-0.4, -0.2) is 15.0 Å². The van der Waals surface area contributed by atoms with Crippen molar-refractivity contribution in [1.29, 1.82) is 0 Å². The largest absolute Gasteiger partial charge is 0.488 e. The molecular formula is C22H23BrFN2O3S+. The molecule has 8 heteroatoms. The van der Waals surface area contributed by atoms with Crippen LogP contribution in [0.1, 0.15) is 16.7 Å². The summed E-state index contributed by atoms with van der Waals surface area (Å²) >= 11 is 3.48. The minimum Gasteiger partial charge on any atom is -0.488 e. The van der Waals surface area contributed by atoms with Crippen molar-refractivity contribution in [1.82, 2.24) is 0 Å². The van der Waals surface area contributed by atoms with Crippen molar-refractivity contribution >= 4 is 26.0 Å². The van der Waals surface area contributed by atoms with E-state index in [9.17, 15) is 12.8 Å². The third-order valence-corrected chi connectivity index (χ3v) is 6.04. The second-order valence-electron chi connectivity index (χ2n) is 6.85. The maximum Gasteiger partial charge on any atom is 0.238 e. The average molecular weight is 494 g/mol. The minimum absolute atomic E-state index is 0.112. The topological polar surface area (TPSA) is 86.0 Å². The Bertz CT molecular complexity index is 1110. The highest BCUT2D eigenvalue weighted by molar-refractivity contribution is 9.10. The number of quaternary nitrogens is 1. The standard InChI is InChI=1S/C22H22BrFN2O3S/c23-19-7-10-22(29-15-17-3-1-2-4-21(17)24)18(13-19)14-26-12-11-16-5-8-20(9-6-16)30(25,27)28/h1-10,13,26H,11-12,14-15H2,(H2,25,27,28)/p+1. The van der Waals surface area contributed by atoms with Gasteiger partial charge in [-0.05, 0) is 42.0 Å². The van der Waals surface area contributed by atoms with Crippen LogP contribution in [0.5, 0.6) is 5.75 Å². The molecule has 0 bridgehead atoms. The molecule has 0 spiro atoms. The van der Waals surface area contributed by atoms with Gasteiger partial charge in [-0.3, -0.25) is 0 Å². The number of halogens is 2. The van der Waals surface area contributed by atoms with Gasteiger partial charge in [-0.25, -0.2) is 17.9 Å². The Morgan fingerprint density at radius 1 is 1.00 bits per heavy atom. The molecule has 0 unspecified atom stereocenters. The predicted molar refractivity (Wildman–Crippen MR) is 117 cm³/mol. The van der Waals surface area contributed by atoms with Gasteiger partial charge in [0.05, 0.1) is 11.4 Å². The Labute approximate surface area is 184 Å². The van der Waals surface area contributed by atoms with E-state index in [1.807, 2.05) is 18.2 Å². The van der Waals surface area contributed by atoms with Gasteiger partial charge < -0.3 is 10.1 Å². The van der Waals surface area contributed by atoms with Crippen LogP contribution in [0.3, 0.4) is 0 Å². The molecule has 0 saturated heterocycles. The van der Waals surface area contributed by atoms with Crippen molar-refractivity contribution in [2.75, 3.05) is 6.54 Å². The van der Waals surface area contributed by atoms with Crippen LogP contribution in [0.15, 0.2) is 76.1 Å². The molecule has 3 aromatic carbocycles. The van der Waals surface area contributed by atoms with E-state index >= 15 is 0 Å². The number of ether oxygens (including phenoxy) is 1. The lowest BCUT2D eigenvalue weighted by molar-refractivity contribution is -0.670. The molecule has 0 saturated carbocycles. The zero-order valence-electron chi connectivity index (χ0n) is 16.2. The fraction of sp³-hybridized carbons (Fsp3) is 0.182. The molecule has 0 atom stereocenters. The number of primary sulfonamides is 1. The van der Waals surface area contributed by atoms with Crippen LogP contribution in [0.4, 0.5) is 4.39 Å². The molecule has 3 aromatic rings. The summed E-state index contributed by atoms with van der Waals surface area (Å²) in [5.41, 5.74) is 2.55. The van der Waals surface area contributed by atoms with Crippen LogP contribution in [-0.2, 0) is 29.6 Å². The Balaban J connectivity index is 1.56. The van der Waals surface area contributed by atoms with Gasteiger partial charge in [0.25, 0.3) is 0 Å². The van der Waals surface area contributed by atoms with Crippen LogP contribution in [0.25, 0.3) is 0 Å². The van der Waals surface area contributed by atoms with Crippen molar-refractivity contribution in [3.05, 3.63) is 93.7 Å². The summed E-state index contributed by atoms with van der Waals surface area (Å²) < 4.78 is 43.3. The molecule has 0 amide bonds. The molecule has 0 heterocycles. The van der Waals surface area contributed by atoms with Crippen LogP contribution >= 0.6 is 15.9 Å².